The summed E-state index contributed by atoms with van der Waals surface area (Å²) in [5.74, 6) is 0.821. The number of aromatic nitrogens is 3. The second-order valence-corrected chi connectivity index (χ2v) is 5.56. The molecule has 1 aliphatic heterocycles. The molecule has 1 atom stereocenters. The third-order valence-corrected chi connectivity index (χ3v) is 4.07. The SMILES string of the molecule is SC(c1ccncc1)c1cc(N2CCOCC2)nc(Cl)n1. The minimum Gasteiger partial charge on any atom is -0.378 e. The van der Waals surface area contributed by atoms with Crippen LogP contribution in [0.25, 0.3) is 0 Å². The first-order valence-electron chi connectivity index (χ1n) is 6.69. The van der Waals surface area contributed by atoms with Crippen LogP contribution in [0.4, 0.5) is 5.82 Å². The van der Waals surface area contributed by atoms with Crippen LogP contribution in [0.3, 0.4) is 0 Å². The fourth-order valence-corrected chi connectivity index (χ4v) is 2.72. The maximum absolute atomic E-state index is 6.07. The second kappa shape index (κ2) is 6.60. The van der Waals surface area contributed by atoms with E-state index in [1.807, 2.05) is 18.2 Å². The summed E-state index contributed by atoms with van der Waals surface area (Å²) in [5, 5.41) is 0.0791. The molecule has 3 rings (SSSR count). The van der Waals surface area contributed by atoms with Gasteiger partial charge in [0.15, 0.2) is 0 Å². The Balaban J connectivity index is 1.90. The van der Waals surface area contributed by atoms with Crippen molar-refractivity contribution in [1.29, 1.82) is 0 Å². The van der Waals surface area contributed by atoms with E-state index in [0.29, 0.717) is 13.2 Å². The summed E-state index contributed by atoms with van der Waals surface area (Å²) in [5.41, 5.74) is 1.81. The number of ether oxygens (including phenoxy) is 1. The molecule has 2 aromatic heterocycles. The van der Waals surface area contributed by atoms with Crippen molar-refractivity contribution in [1.82, 2.24) is 15.0 Å². The summed E-state index contributed by atoms with van der Waals surface area (Å²) in [6.07, 6.45) is 3.48. The van der Waals surface area contributed by atoms with Crippen LogP contribution in [0.15, 0.2) is 30.6 Å². The molecule has 0 spiro atoms. The highest BCUT2D eigenvalue weighted by Crippen LogP contribution is 2.29. The molecule has 0 saturated carbocycles. The van der Waals surface area contributed by atoms with Gasteiger partial charge in [-0.15, -0.1) is 0 Å². The van der Waals surface area contributed by atoms with Gasteiger partial charge in [0.1, 0.15) is 5.82 Å². The van der Waals surface area contributed by atoms with Crippen LogP contribution >= 0.6 is 24.2 Å². The van der Waals surface area contributed by atoms with Crippen molar-refractivity contribution in [2.45, 2.75) is 5.25 Å². The lowest BCUT2D eigenvalue weighted by Crippen LogP contribution is -2.36. The number of thiol groups is 1. The Labute approximate surface area is 133 Å². The van der Waals surface area contributed by atoms with Crippen molar-refractivity contribution in [3.63, 3.8) is 0 Å². The Morgan fingerprint density at radius 3 is 2.62 bits per heavy atom. The fraction of sp³-hybridized carbons (Fsp3) is 0.357. The Kier molecular flexibility index (Phi) is 4.57. The number of rotatable bonds is 3. The average Bonchev–Trinajstić information content (AvgIpc) is 2.55. The van der Waals surface area contributed by atoms with E-state index >= 15 is 0 Å². The van der Waals surface area contributed by atoms with E-state index in [9.17, 15) is 0 Å². The molecule has 0 N–H and O–H groups in total. The van der Waals surface area contributed by atoms with E-state index in [-0.39, 0.29) is 10.5 Å². The van der Waals surface area contributed by atoms with E-state index in [1.165, 1.54) is 0 Å². The molecule has 110 valence electrons. The van der Waals surface area contributed by atoms with Crippen LogP contribution in [-0.4, -0.2) is 41.3 Å². The number of nitrogens with zero attached hydrogens (tertiary/aromatic N) is 4. The van der Waals surface area contributed by atoms with Gasteiger partial charge in [0.2, 0.25) is 5.28 Å². The van der Waals surface area contributed by atoms with Gasteiger partial charge in [-0.05, 0) is 29.3 Å². The monoisotopic (exact) mass is 322 g/mol. The lowest BCUT2D eigenvalue weighted by molar-refractivity contribution is 0.122. The Hall–Kier alpha value is -1.37. The summed E-state index contributed by atoms with van der Waals surface area (Å²) in [7, 11) is 0. The molecule has 0 radical (unpaired) electrons. The third-order valence-electron chi connectivity index (χ3n) is 3.34. The largest absolute Gasteiger partial charge is 0.378 e. The zero-order chi connectivity index (χ0) is 14.7. The van der Waals surface area contributed by atoms with E-state index in [4.69, 9.17) is 16.3 Å². The van der Waals surface area contributed by atoms with Crippen LogP contribution in [0.5, 0.6) is 0 Å². The Bertz CT molecular complexity index is 607. The maximum Gasteiger partial charge on any atom is 0.224 e. The van der Waals surface area contributed by atoms with Crippen molar-refractivity contribution >= 4 is 30.0 Å². The summed E-state index contributed by atoms with van der Waals surface area (Å²) in [6, 6.07) is 5.78. The highest BCUT2D eigenvalue weighted by atomic mass is 35.5. The Morgan fingerprint density at radius 2 is 1.90 bits per heavy atom. The van der Waals surface area contributed by atoms with Crippen LogP contribution in [0, 0.1) is 0 Å². The number of hydrogen-bond acceptors (Lipinski definition) is 6. The zero-order valence-corrected chi connectivity index (χ0v) is 13.0. The number of pyridine rings is 1. The predicted molar refractivity (Wildman–Crippen MR) is 85.1 cm³/mol. The summed E-state index contributed by atoms with van der Waals surface area (Å²) in [4.78, 5) is 14.8. The molecule has 5 nitrogen and oxygen atoms in total. The standard InChI is InChI=1S/C14H15ClN4OS/c15-14-17-11(13(21)10-1-3-16-4-2-10)9-12(18-14)19-5-7-20-8-6-19/h1-4,9,13,21H,5-8H2. The number of morpholine rings is 1. The van der Waals surface area contributed by atoms with Gasteiger partial charge in [-0.1, -0.05) is 0 Å². The fourth-order valence-electron chi connectivity index (χ4n) is 2.23. The first-order valence-corrected chi connectivity index (χ1v) is 7.58. The molecule has 0 amide bonds. The van der Waals surface area contributed by atoms with Gasteiger partial charge < -0.3 is 9.64 Å². The van der Waals surface area contributed by atoms with Crippen molar-refractivity contribution in [3.8, 4) is 0 Å². The molecule has 21 heavy (non-hydrogen) atoms. The van der Waals surface area contributed by atoms with E-state index < -0.39 is 0 Å². The number of hydrogen-bond donors (Lipinski definition) is 1. The van der Waals surface area contributed by atoms with E-state index in [1.54, 1.807) is 12.4 Å². The molecule has 1 saturated heterocycles. The molecule has 0 bridgehead atoms. The van der Waals surface area contributed by atoms with Crippen molar-refractivity contribution in [3.05, 3.63) is 47.1 Å². The normalized spacial score (nSPS) is 16.8. The van der Waals surface area contributed by atoms with Crippen molar-refractivity contribution in [2.24, 2.45) is 0 Å². The molecular formula is C14H15ClN4OS. The molecular weight excluding hydrogens is 308 g/mol. The lowest BCUT2D eigenvalue weighted by atomic mass is 10.1. The highest BCUT2D eigenvalue weighted by molar-refractivity contribution is 7.80. The van der Waals surface area contributed by atoms with Crippen LogP contribution in [0.2, 0.25) is 5.28 Å². The molecule has 1 unspecified atom stereocenters. The molecule has 2 aromatic rings. The van der Waals surface area contributed by atoms with Crippen LogP contribution < -0.4 is 4.90 Å². The zero-order valence-electron chi connectivity index (χ0n) is 11.3. The maximum atomic E-state index is 6.07. The third kappa shape index (κ3) is 3.45. The minimum absolute atomic E-state index is 0.159. The van der Waals surface area contributed by atoms with Gasteiger partial charge in [-0.2, -0.15) is 12.6 Å². The molecule has 1 fully saturated rings. The van der Waals surface area contributed by atoms with Crippen molar-refractivity contribution in [2.75, 3.05) is 31.2 Å². The Morgan fingerprint density at radius 1 is 1.19 bits per heavy atom. The number of anilines is 1. The van der Waals surface area contributed by atoms with Gasteiger partial charge in [-0.3, -0.25) is 4.98 Å². The van der Waals surface area contributed by atoms with Crippen LogP contribution in [0.1, 0.15) is 16.5 Å². The summed E-state index contributed by atoms with van der Waals surface area (Å²) >= 11 is 10.7. The second-order valence-electron chi connectivity index (χ2n) is 4.70. The smallest absolute Gasteiger partial charge is 0.224 e. The first-order chi connectivity index (χ1) is 10.2. The predicted octanol–water partition coefficient (Wildman–Crippen LogP) is 2.38. The summed E-state index contributed by atoms with van der Waals surface area (Å²) in [6.45, 7) is 3.01. The van der Waals surface area contributed by atoms with E-state index in [0.717, 1.165) is 30.2 Å². The number of halogens is 1. The molecule has 7 heteroatoms. The van der Waals surface area contributed by atoms with Gasteiger partial charge in [0.25, 0.3) is 0 Å². The summed E-state index contributed by atoms with van der Waals surface area (Å²) < 4.78 is 5.36. The molecule has 0 aromatic carbocycles. The molecule has 1 aliphatic rings. The lowest BCUT2D eigenvalue weighted by Gasteiger charge is -2.28. The highest BCUT2D eigenvalue weighted by Gasteiger charge is 2.18. The topological polar surface area (TPSA) is 51.1 Å². The quantitative estimate of drug-likeness (QED) is 0.694. The molecule has 3 heterocycles. The first kappa shape index (κ1) is 14.6. The van der Waals surface area contributed by atoms with E-state index in [2.05, 4.69) is 32.5 Å². The van der Waals surface area contributed by atoms with Gasteiger partial charge >= 0.3 is 0 Å². The van der Waals surface area contributed by atoms with Crippen molar-refractivity contribution < 1.29 is 4.74 Å². The average molecular weight is 323 g/mol. The van der Waals surface area contributed by atoms with Crippen LogP contribution in [-0.2, 0) is 4.74 Å². The van der Waals surface area contributed by atoms with Gasteiger partial charge in [-0.25, -0.2) is 9.97 Å². The minimum atomic E-state index is -0.159. The van der Waals surface area contributed by atoms with Gasteiger partial charge in [0, 0.05) is 31.5 Å². The molecule has 0 aliphatic carbocycles. The van der Waals surface area contributed by atoms with Gasteiger partial charge in [0.05, 0.1) is 24.2 Å².